The number of ether oxygens (including phenoxy) is 1. The van der Waals surface area contributed by atoms with Crippen LogP contribution in [0, 0.1) is 0 Å². The first-order chi connectivity index (χ1) is 13.1. The van der Waals surface area contributed by atoms with Crippen LogP contribution in [0.5, 0.6) is 0 Å². The van der Waals surface area contributed by atoms with E-state index < -0.39 is 0 Å². The van der Waals surface area contributed by atoms with Gasteiger partial charge in [-0.3, -0.25) is 14.3 Å². The van der Waals surface area contributed by atoms with Gasteiger partial charge in [-0.25, -0.2) is 0 Å². The third-order valence-corrected chi connectivity index (χ3v) is 5.46. The fourth-order valence-corrected chi connectivity index (χ4v) is 3.79. The Morgan fingerprint density at radius 2 is 2.07 bits per heavy atom. The van der Waals surface area contributed by atoms with Crippen molar-refractivity contribution in [2.24, 2.45) is 0 Å². The lowest BCUT2D eigenvalue weighted by atomic mass is 9.94. The first-order valence-corrected chi connectivity index (χ1v) is 9.32. The second-order valence-electron chi connectivity index (χ2n) is 7.26. The predicted octanol–water partition coefficient (Wildman–Crippen LogP) is 1.03. The first kappa shape index (κ1) is 17.7. The van der Waals surface area contributed by atoms with Gasteiger partial charge in [-0.15, -0.1) is 0 Å². The molecule has 7 heteroatoms. The molecule has 7 nitrogen and oxygen atoms in total. The van der Waals surface area contributed by atoms with Gasteiger partial charge < -0.3 is 15.4 Å². The Labute approximate surface area is 158 Å². The lowest BCUT2D eigenvalue weighted by Crippen LogP contribution is -2.42. The highest BCUT2D eigenvalue weighted by atomic mass is 16.5. The standard InChI is InChI=1S/C20H24N4O3/c1-27-10-9-21-18(25)16-12-22-24-13-15(11-17(16)24)23-19(26)20(7-8-20)14-5-3-2-4-6-14/h2-6,12,15H,7-11,13H2,1H3,(H,21,25)(H,23,26)/t15-/m0/s1. The van der Waals surface area contributed by atoms with Gasteiger partial charge in [-0.2, -0.15) is 5.10 Å². The van der Waals surface area contributed by atoms with Crippen LogP contribution >= 0.6 is 0 Å². The van der Waals surface area contributed by atoms with E-state index in [4.69, 9.17) is 4.74 Å². The predicted molar refractivity (Wildman–Crippen MR) is 99.4 cm³/mol. The van der Waals surface area contributed by atoms with Gasteiger partial charge in [0, 0.05) is 20.1 Å². The minimum atomic E-state index is -0.383. The fraction of sp³-hybridized carbons (Fsp3) is 0.450. The summed E-state index contributed by atoms with van der Waals surface area (Å²) in [7, 11) is 1.60. The normalized spacial score (nSPS) is 19.4. The maximum absolute atomic E-state index is 12.9. The number of hydrogen-bond donors (Lipinski definition) is 2. The van der Waals surface area contributed by atoms with Crippen LogP contribution in [0.25, 0.3) is 0 Å². The third-order valence-electron chi connectivity index (χ3n) is 5.46. The molecule has 1 aromatic heterocycles. The van der Waals surface area contributed by atoms with Crippen molar-refractivity contribution >= 4 is 11.8 Å². The molecule has 1 aliphatic carbocycles. The van der Waals surface area contributed by atoms with E-state index in [9.17, 15) is 9.59 Å². The summed E-state index contributed by atoms with van der Waals surface area (Å²) in [6.45, 7) is 1.52. The van der Waals surface area contributed by atoms with Crippen molar-refractivity contribution in [3.8, 4) is 0 Å². The van der Waals surface area contributed by atoms with E-state index in [1.54, 1.807) is 13.3 Å². The molecule has 1 fully saturated rings. The molecular formula is C20H24N4O3. The molecule has 4 rings (SSSR count). The Balaban J connectivity index is 1.39. The smallest absolute Gasteiger partial charge is 0.254 e. The molecule has 1 atom stereocenters. The second kappa shape index (κ2) is 7.15. The zero-order chi connectivity index (χ0) is 18.9. The molecule has 142 valence electrons. The molecule has 2 amide bonds. The van der Waals surface area contributed by atoms with Crippen LogP contribution in [0.15, 0.2) is 36.5 Å². The van der Waals surface area contributed by atoms with Crippen molar-refractivity contribution < 1.29 is 14.3 Å². The van der Waals surface area contributed by atoms with Crippen LogP contribution in [-0.2, 0) is 27.9 Å². The third kappa shape index (κ3) is 3.35. The van der Waals surface area contributed by atoms with Gasteiger partial charge in [0.25, 0.3) is 5.91 Å². The number of methoxy groups -OCH3 is 1. The average Bonchev–Trinajstić information content (AvgIpc) is 3.27. The maximum Gasteiger partial charge on any atom is 0.254 e. The van der Waals surface area contributed by atoms with Gasteiger partial charge in [-0.1, -0.05) is 30.3 Å². The zero-order valence-corrected chi connectivity index (χ0v) is 15.4. The highest BCUT2D eigenvalue weighted by molar-refractivity contribution is 5.95. The number of amides is 2. The van der Waals surface area contributed by atoms with E-state index in [0.29, 0.717) is 31.7 Å². The van der Waals surface area contributed by atoms with Crippen molar-refractivity contribution in [3.63, 3.8) is 0 Å². The summed E-state index contributed by atoms with van der Waals surface area (Å²) in [4.78, 5) is 25.2. The van der Waals surface area contributed by atoms with Crippen LogP contribution in [0.3, 0.4) is 0 Å². The Bertz CT molecular complexity index is 842. The maximum atomic E-state index is 12.9. The topological polar surface area (TPSA) is 85.2 Å². The van der Waals surface area contributed by atoms with Gasteiger partial charge in [0.05, 0.1) is 42.1 Å². The second-order valence-corrected chi connectivity index (χ2v) is 7.26. The van der Waals surface area contributed by atoms with Gasteiger partial charge >= 0.3 is 0 Å². The minimum absolute atomic E-state index is 0.0343. The Hall–Kier alpha value is -2.67. The van der Waals surface area contributed by atoms with Crippen molar-refractivity contribution in [2.45, 2.75) is 37.3 Å². The highest BCUT2D eigenvalue weighted by Gasteiger charge is 2.51. The van der Waals surface area contributed by atoms with Gasteiger partial charge in [0.1, 0.15) is 0 Å². The van der Waals surface area contributed by atoms with Crippen LogP contribution in [0.4, 0.5) is 0 Å². The molecule has 0 radical (unpaired) electrons. The van der Waals surface area contributed by atoms with Crippen molar-refractivity contribution in [1.29, 1.82) is 0 Å². The summed E-state index contributed by atoms with van der Waals surface area (Å²) >= 11 is 0. The summed E-state index contributed by atoms with van der Waals surface area (Å²) in [5.41, 5.74) is 2.15. The molecular weight excluding hydrogens is 344 g/mol. The number of nitrogens with one attached hydrogen (secondary N) is 2. The molecule has 0 unspecified atom stereocenters. The molecule has 2 N–H and O–H groups in total. The SMILES string of the molecule is COCCNC(=O)c1cnn2c1C[C@H](NC(=O)C1(c3ccccc3)CC1)C2. The molecule has 2 aliphatic rings. The lowest BCUT2D eigenvalue weighted by Gasteiger charge is -2.19. The number of hydrogen-bond acceptors (Lipinski definition) is 4. The molecule has 1 aromatic carbocycles. The largest absolute Gasteiger partial charge is 0.383 e. The number of carbonyl (C=O) groups is 2. The summed E-state index contributed by atoms with van der Waals surface area (Å²) in [5, 5.41) is 10.3. The van der Waals surface area contributed by atoms with E-state index in [1.165, 1.54) is 0 Å². The van der Waals surface area contributed by atoms with E-state index in [-0.39, 0.29) is 23.3 Å². The van der Waals surface area contributed by atoms with Crippen LogP contribution < -0.4 is 10.6 Å². The van der Waals surface area contributed by atoms with Crippen molar-refractivity contribution in [3.05, 3.63) is 53.3 Å². The van der Waals surface area contributed by atoms with Crippen LogP contribution in [0.1, 0.15) is 34.5 Å². The number of aromatic nitrogens is 2. The molecule has 1 saturated carbocycles. The molecule has 0 spiro atoms. The molecule has 27 heavy (non-hydrogen) atoms. The number of carbonyl (C=O) groups excluding carboxylic acids is 2. The Morgan fingerprint density at radius 3 is 2.78 bits per heavy atom. The van der Waals surface area contributed by atoms with E-state index >= 15 is 0 Å². The number of benzene rings is 1. The van der Waals surface area contributed by atoms with Crippen LogP contribution in [-0.4, -0.2) is 47.9 Å². The average molecular weight is 368 g/mol. The highest BCUT2D eigenvalue weighted by Crippen LogP contribution is 2.48. The molecule has 2 heterocycles. The number of rotatable bonds is 7. The van der Waals surface area contributed by atoms with Crippen LogP contribution in [0.2, 0.25) is 0 Å². The monoisotopic (exact) mass is 368 g/mol. The van der Waals surface area contributed by atoms with Crippen molar-refractivity contribution in [1.82, 2.24) is 20.4 Å². The Kier molecular flexibility index (Phi) is 4.70. The first-order valence-electron chi connectivity index (χ1n) is 9.32. The fourth-order valence-electron chi connectivity index (χ4n) is 3.79. The summed E-state index contributed by atoms with van der Waals surface area (Å²) in [6, 6.07) is 9.92. The molecule has 0 saturated heterocycles. The lowest BCUT2D eigenvalue weighted by molar-refractivity contribution is -0.124. The van der Waals surface area contributed by atoms with Gasteiger partial charge in [0.2, 0.25) is 5.91 Å². The van der Waals surface area contributed by atoms with Crippen molar-refractivity contribution in [2.75, 3.05) is 20.3 Å². The number of nitrogens with zero attached hydrogens (tertiary/aromatic N) is 2. The molecule has 0 bridgehead atoms. The minimum Gasteiger partial charge on any atom is -0.383 e. The zero-order valence-electron chi connectivity index (χ0n) is 15.4. The van der Waals surface area contributed by atoms with Gasteiger partial charge in [-0.05, 0) is 18.4 Å². The summed E-state index contributed by atoms with van der Waals surface area (Å²) in [5.74, 6) is -0.0706. The van der Waals surface area contributed by atoms with Gasteiger partial charge in [0.15, 0.2) is 0 Å². The molecule has 2 aromatic rings. The van der Waals surface area contributed by atoms with E-state index in [2.05, 4.69) is 15.7 Å². The number of fused-ring (bicyclic) bond motifs is 1. The quantitative estimate of drug-likeness (QED) is 0.715. The summed E-state index contributed by atoms with van der Waals surface area (Å²) < 4.78 is 6.77. The summed E-state index contributed by atoms with van der Waals surface area (Å²) in [6.07, 6.45) is 3.98. The van der Waals surface area contributed by atoms with E-state index in [0.717, 1.165) is 24.1 Å². The Morgan fingerprint density at radius 1 is 1.30 bits per heavy atom. The van der Waals surface area contributed by atoms with E-state index in [1.807, 2.05) is 35.0 Å². The molecule has 1 aliphatic heterocycles.